The molecule has 4 heteroatoms. The highest BCUT2D eigenvalue weighted by molar-refractivity contribution is 6.35. The molecule has 0 aliphatic heterocycles. The van der Waals surface area contributed by atoms with E-state index in [0.29, 0.717) is 0 Å². The summed E-state index contributed by atoms with van der Waals surface area (Å²) in [5.41, 5.74) is 1.28. The Morgan fingerprint density at radius 3 is 2.16 bits per heavy atom. The number of ketones is 1. The molecule has 0 heterocycles. The number of hydrogen-bond donors (Lipinski definition) is 0. The fourth-order valence-corrected chi connectivity index (χ4v) is 2.11. The molecule has 0 spiro atoms. The molecule has 19 heavy (non-hydrogen) atoms. The van der Waals surface area contributed by atoms with Crippen molar-refractivity contribution in [1.29, 1.82) is 0 Å². The predicted molar refractivity (Wildman–Crippen MR) is 70.7 cm³/mol. The third-order valence-corrected chi connectivity index (χ3v) is 3.33. The van der Waals surface area contributed by atoms with Gasteiger partial charge in [-0.3, -0.25) is 4.79 Å². The predicted octanol–water partition coefficient (Wildman–Crippen LogP) is 4.47. The van der Waals surface area contributed by atoms with Crippen molar-refractivity contribution in [2.45, 2.75) is 13.8 Å². The molecule has 0 fully saturated rings. The van der Waals surface area contributed by atoms with Crippen LogP contribution in [0.25, 0.3) is 0 Å². The van der Waals surface area contributed by atoms with Gasteiger partial charge >= 0.3 is 0 Å². The molecule has 0 aliphatic rings. The van der Waals surface area contributed by atoms with Gasteiger partial charge in [0.1, 0.15) is 11.6 Å². The second-order valence-corrected chi connectivity index (χ2v) is 4.75. The van der Waals surface area contributed by atoms with Crippen molar-refractivity contribution in [3.05, 3.63) is 69.2 Å². The summed E-state index contributed by atoms with van der Waals surface area (Å²) in [6.07, 6.45) is 0. The summed E-state index contributed by atoms with van der Waals surface area (Å²) in [5.74, 6) is -2.53. The van der Waals surface area contributed by atoms with Gasteiger partial charge in [0.2, 0.25) is 0 Å². The van der Waals surface area contributed by atoms with E-state index >= 15 is 0 Å². The molecule has 2 rings (SSSR count). The number of carbonyl (C=O) groups is 1. The molecule has 0 unspecified atom stereocenters. The standard InChI is InChI=1S/C15H11ClF2O/c1-8-6-10(11(16)7-9(8)2)15(19)14-12(17)4-3-5-13(14)18/h3-7H,1-2H3. The number of aryl methyl sites for hydroxylation is 2. The maximum atomic E-state index is 13.6. The average molecular weight is 281 g/mol. The van der Waals surface area contributed by atoms with Crippen molar-refractivity contribution in [1.82, 2.24) is 0 Å². The first-order valence-corrected chi connectivity index (χ1v) is 6.05. The minimum Gasteiger partial charge on any atom is -0.288 e. The quantitative estimate of drug-likeness (QED) is 0.742. The zero-order chi connectivity index (χ0) is 14.2. The van der Waals surface area contributed by atoms with Crippen LogP contribution in [0.5, 0.6) is 0 Å². The monoisotopic (exact) mass is 280 g/mol. The van der Waals surface area contributed by atoms with Crippen molar-refractivity contribution in [2.24, 2.45) is 0 Å². The SMILES string of the molecule is Cc1cc(Cl)c(C(=O)c2c(F)cccc2F)cc1C. The summed E-state index contributed by atoms with van der Waals surface area (Å²) < 4.78 is 27.2. The maximum absolute atomic E-state index is 13.6. The lowest BCUT2D eigenvalue weighted by Crippen LogP contribution is -2.08. The van der Waals surface area contributed by atoms with Gasteiger partial charge in [0.15, 0.2) is 5.78 Å². The van der Waals surface area contributed by atoms with Gasteiger partial charge in [-0.15, -0.1) is 0 Å². The van der Waals surface area contributed by atoms with Gasteiger partial charge in [0.25, 0.3) is 0 Å². The number of carbonyl (C=O) groups excluding carboxylic acids is 1. The zero-order valence-corrected chi connectivity index (χ0v) is 11.2. The summed E-state index contributed by atoms with van der Waals surface area (Å²) in [6, 6.07) is 6.47. The van der Waals surface area contributed by atoms with Crippen LogP contribution in [0, 0.1) is 25.5 Å². The fourth-order valence-electron chi connectivity index (χ4n) is 1.80. The summed E-state index contributed by atoms with van der Waals surface area (Å²) >= 11 is 5.99. The Morgan fingerprint density at radius 1 is 1.05 bits per heavy atom. The summed E-state index contributed by atoms with van der Waals surface area (Å²) in [4.78, 5) is 12.2. The lowest BCUT2D eigenvalue weighted by molar-refractivity contribution is 0.103. The van der Waals surface area contributed by atoms with E-state index in [9.17, 15) is 13.6 Å². The van der Waals surface area contributed by atoms with Gasteiger partial charge in [-0.1, -0.05) is 17.7 Å². The van der Waals surface area contributed by atoms with E-state index in [4.69, 9.17) is 11.6 Å². The molecule has 0 radical (unpaired) electrons. The molecule has 0 atom stereocenters. The Bertz CT molecular complexity index is 645. The molecule has 2 aromatic rings. The van der Waals surface area contributed by atoms with Gasteiger partial charge in [-0.2, -0.15) is 0 Å². The first kappa shape index (κ1) is 13.7. The second kappa shape index (κ2) is 5.10. The number of benzene rings is 2. The highest BCUT2D eigenvalue weighted by Crippen LogP contribution is 2.25. The largest absolute Gasteiger partial charge is 0.288 e. The fraction of sp³-hybridized carbons (Fsp3) is 0.133. The second-order valence-electron chi connectivity index (χ2n) is 4.34. The highest BCUT2D eigenvalue weighted by Gasteiger charge is 2.21. The summed E-state index contributed by atoms with van der Waals surface area (Å²) in [7, 11) is 0. The molecule has 0 aromatic heterocycles. The molecule has 0 saturated carbocycles. The zero-order valence-electron chi connectivity index (χ0n) is 10.4. The number of hydrogen-bond acceptors (Lipinski definition) is 1. The highest BCUT2D eigenvalue weighted by atomic mass is 35.5. The van der Waals surface area contributed by atoms with Crippen LogP contribution in [0.3, 0.4) is 0 Å². The van der Waals surface area contributed by atoms with Gasteiger partial charge in [0.05, 0.1) is 10.6 Å². The van der Waals surface area contributed by atoms with Gasteiger partial charge < -0.3 is 0 Å². The van der Waals surface area contributed by atoms with E-state index in [1.165, 1.54) is 6.07 Å². The van der Waals surface area contributed by atoms with E-state index < -0.39 is 23.0 Å². The van der Waals surface area contributed by atoms with E-state index in [-0.39, 0.29) is 10.6 Å². The van der Waals surface area contributed by atoms with Crippen LogP contribution < -0.4 is 0 Å². The minimum absolute atomic E-state index is 0.105. The molecule has 98 valence electrons. The Kier molecular flexibility index (Phi) is 3.67. The molecule has 0 bridgehead atoms. The van der Waals surface area contributed by atoms with E-state index in [1.54, 1.807) is 19.1 Å². The Balaban J connectivity index is 2.60. The topological polar surface area (TPSA) is 17.1 Å². The van der Waals surface area contributed by atoms with Crippen molar-refractivity contribution < 1.29 is 13.6 Å². The smallest absolute Gasteiger partial charge is 0.200 e. The number of rotatable bonds is 2. The van der Waals surface area contributed by atoms with Crippen LogP contribution in [0.4, 0.5) is 8.78 Å². The normalized spacial score (nSPS) is 10.6. The van der Waals surface area contributed by atoms with Crippen LogP contribution in [-0.2, 0) is 0 Å². The molecule has 0 amide bonds. The van der Waals surface area contributed by atoms with Crippen molar-refractivity contribution in [3.8, 4) is 0 Å². The Hall–Kier alpha value is -1.74. The third kappa shape index (κ3) is 2.51. The van der Waals surface area contributed by atoms with Crippen LogP contribution in [0.1, 0.15) is 27.0 Å². The van der Waals surface area contributed by atoms with Crippen LogP contribution in [-0.4, -0.2) is 5.78 Å². The van der Waals surface area contributed by atoms with Crippen molar-refractivity contribution in [2.75, 3.05) is 0 Å². The molecule has 0 N–H and O–H groups in total. The molecule has 2 aromatic carbocycles. The molecular formula is C15H11ClF2O. The van der Waals surface area contributed by atoms with Crippen molar-refractivity contribution >= 4 is 17.4 Å². The first-order chi connectivity index (χ1) is 8.91. The van der Waals surface area contributed by atoms with Crippen LogP contribution >= 0.6 is 11.6 Å². The van der Waals surface area contributed by atoms with E-state index in [2.05, 4.69) is 0 Å². The first-order valence-electron chi connectivity index (χ1n) is 5.67. The lowest BCUT2D eigenvalue weighted by atomic mass is 9.98. The van der Waals surface area contributed by atoms with E-state index in [0.717, 1.165) is 23.3 Å². The summed E-state index contributed by atoms with van der Waals surface area (Å²) in [6.45, 7) is 3.65. The third-order valence-electron chi connectivity index (χ3n) is 3.02. The van der Waals surface area contributed by atoms with Gasteiger partial charge in [0, 0.05) is 5.56 Å². The molecular weight excluding hydrogens is 270 g/mol. The lowest BCUT2D eigenvalue weighted by Gasteiger charge is -2.09. The molecule has 0 saturated heterocycles. The van der Waals surface area contributed by atoms with Gasteiger partial charge in [-0.05, 0) is 49.2 Å². The van der Waals surface area contributed by atoms with E-state index in [1.807, 2.05) is 6.92 Å². The maximum Gasteiger partial charge on any atom is 0.200 e. The Morgan fingerprint density at radius 2 is 1.58 bits per heavy atom. The van der Waals surface area contributed by atoms with Gasteiger partial charge in [-0.25, -0.2) is 8.78 Å². The molecule has 1 nitrogen and oxygen atoms in total. The summed E-state index contributed by atoms with van der Waals surface area (Å²) in [5, 5.41) is 0.191. The number of halogens is 3. The van der Waals surface area contributed by atoms with Crippen LogP contribution in [0.15, 0.2) is 30.3 Å². The Labute approximate surface area is 114 Å². The van der Waals surface area contributed by atoms with Crippen LogP contribution in [0.2, 0.25) is 5.02 Å². The minimum atomic E-state index is -0.890. The average Bonchev–Trinajstić information content (AvgIpc) is 2.33. The van der Waals surface area contributed by atoms with Crippen molar-refractivity contribution in [3.63, 3.8) is 0 Å². The molecule has 0 aliphatic carbocycles.